The van der Waals surface area contributed by atoms with Crippen LogP contribution in [0.5, 0.6) is 0 Å². The van der Waals surface area contributed by atoms with Crippen LogP contribution in [0.4, 0.5) is 11.8 Å². The van der Waals surface area contributed by atoms with Crippen LogP contribution in [-0.4, -0.2) is 32.7 Å². The maximum absolute atomic E-state index is 9.39. The number of nitrogen functional groups attached to an aromatic ring is 1. The van der Waals surface area contributed by atoms with Gasteiger partial charge in [0.2, 0.25) is 5.95 Å². The molecule has 4 N–H and O–H groups in total. The molecule has 2 atom stereocenters. The molecule has 0 bridgehead atoms. The number of aromatic nitrogens is 3. The Labute approximate surface area is 155 Å². The summed E-state index contributed by atoms with van der Waals surface area (Å²) in [4.78, 5) is 13.6. The van der Waals surface area contributed by atoms with Crippen LogP contribution in [0.25, 0.3) is 26.9 Å². The molecule has 0 radical (unpaired) electrons. The molecule has 0 aliphatic heterocycles. The van der Waals surface area contributed by atoms with E-state index in [1.54, 1.807) is 17.4 Å². The van der Waals surface area contributed by atoms with E-state index in [4.69, 9.17) is 10.7 Å². The van der Waals surface area contributed by atoms with Crippen LogP contribution >= 0.6 is 11.3 Å². The van der Waals surface area contributed by atoms with Crippen molar-refractivity contribution in [2.24, 2.45) is 5.92 Å². The average Bonchev–Trinajstić information content (AvgIpc) is 3.27. The second-order valence-electron chi connectivity index (χ2n) is 6.58. The van der Waals surface area contributed by atoms with E-state index in [2.05, 4.69) is 27.9 Å². The zero-order valence-electron chi connectivity index (χ0n) is 14.4. The number of para-hydroxylation sites is 1. The van der Waals surface area contributed by atoms with Gasteiger partial charge in [-0.3, -0.25) is 0 Å². The largest absolute Gasteiger partial charge is 0.396 e. The number of nitrogens with one attached hydrogen (secondary N) is 1. The zero-order chi connectivity index (χ0) is 18.1. The van der Waals surface area contributed by atoms with Gasteiger partial charge in [0.05, 0.1) is 21.5 Å². The van der Waals surface area contributed by atoms with Crippen molar-refractivity contribution in [1.82, 2.24) is 15.0 Å². The number of nitrogens with two attached hydrogens (primary N) is 1. The fourth-order valence-electron chi connectivity index (χ4n) is 3.50. The summed E-state index contributed by atoms with van der Waals surface area (Å²) >= 11 is 1.60. The Morgan fingerprint density at radius 1 is 1.27 bits per heavy atom. The maximum Gasteiger partial charge on any atom is 0.222 e. The highest BCUT2D eigenvalue weighted by atomic mass is 32.1. The van der Waals surface area contributed by atoms with Gasteiger partial charge in [-0.05, 0) is 43.4 Å². The van der Waals surface area contributed by atoms with Crippen LogP contribution in [0.2, 0.25) is 0 Å². The van der Waals surface area contributed by atoms with E-state index in [9.17, 15) is 5.11 Å². The SMILES string of the molecule is C=Cc1nc(N)nc(NC2CCC(CO)C2)c1-c1nc2ccccc2s1. The summed E-state index contributed by atoms with van der Waals surface area (Å²) in [6, 6.07) is 8.29. The first kappa shape index (κ1) is 16.9. The van der Waals surface area contributed by atoms with Crippen molar-refractivity contribution in [2.45, 2.75) is 25.3 Å². The van der Waals surface area contributed by atoms with Crippen molar-refractivity contribution in [1.29, 1.82) is 0 Å². The molecule has 6 nitrogen and oxygen atoms in total. The molecule has 1 aliphatic carbocycles. The Hall–Kier alpha value is -2.51. The molecule has 3 aromatic rings. The summed E-state index contributed by atoms with van der Waals surface area (Å²) in [5, 5.41) is 13.8. The molecule has 134 valence electrons. The molecule has 7 heteroatoms. The molecular weight excluding hydrogens is 346 g/mol. The summed E-state index contributed by atoms with van der Waals surface area (Å²) < 4.78 is 1.11. The van der Waals surface area contributed by atoms with Crippen LogP contribution in [-0.2, 0) is 0 Å². The van der Waals surface area contributed by atoms with Crippen LogP contribution in [0.1, 0.15) is 25.0 Å². The van der Waals surface area contributed by atoms with Crippen LogP contribution in [0.3, 0.4) is 0 Å². The summed E-state index contributed by atoms with van der Waals surface area (Å²) in [6.07, 6.45) is 4.62. The van der Waals surface area contributed by atoms with Gasteiger partial charge in [-0.25, -0.2) is 9.97 Å². The van der Waals surface area contributed by atoms with E-state index in [0.717, 1.165) is 40.1 Å². The first-order chi connectivity index (χ1) is 12.7. The molecule has 1 fully saturated rings. The molecule has 2 unspecified atom stereocenters. The van der Waals surface area contributed by atoms with Gasteiger partial charge >= 0.3 is 0 Å². The normalized spacial score (nSPS) is 19.7. The fraction of sp³-hybridized carbons (Fsp3) is 0.316. The van der Waals surface area contributed by atoms with Crippen molar-refractivity contribution < 1.29 is 5.11 Å². The van der Waals surface area contributed by atoms with E-state index < -0.39 is 0 Å². The molecule has 0 spiro atoms. The van der Waals surface area contributed by atoms with Gasteiger partial charge in [0.15, 0.2) is 0 Å². The van der Waals surface area contributed by atoms with E-state index in [-0.39, 0.29) is 18.6 Å². The number of thiazole rings is 1. The number of aliphatic hydroxyl groups excluding tert-OH is 1. The molecule has 2 heterocycles. The van der Waals surface area contributed by atoms with Gasteiger partial charge in [0.1, 0.15) is 10.8 Å². The number of anilines is 2. The second kappa shape index (κ2) is 7.01. The highest BCUT2D eigenvalue weighted by Crippen LogP contribution is 2.38. The van der Waals surface area contributed by atoms with Crippen molar-refractivity contribution in [3.05, 3.63) is 36.5 Å². The minimum absolute atomic E-state index is 0.212. The summed E-state index contributed by atoms with van der Waals surface area (Å²) in [5.74, 6) is 1.25. The number of rotatable bonds is 5. The van der Waals surface area contributed by atoms with Crippen LogP contribution in [0, 0.1) is 5.92 Å². The second-order valence-corrected chi connectivity index (χ2v) is 7.62. The van der Waals surface area contributed by atoms with Gasteiger partial charge in [-0.2, -0.15) is 4.98 Å². The number of benzene rings is 1. The van der Waals surface area contributed by atoms with Crippen LogP contribution < -0.4 is 11.1 Å². The number of hydrogen-bond acceptors (Lipinski definition) is 7. The van der Waals surface area contributed by atoms with E-state index in [0.29, 0.717) is 17.4 Å². The molecule has 1 saturated carbocycles. The van der Waals surface area contributed by atoms with Crippen molar-refractivity contribution in [3.63, 3.8) is 0 Å². The highest BCUT2D eigenvalue weighted by molar-refractivity contribution is 7.21. The molecule has 0 amide bonds. The minimum atomic E-state index is 0.212. The maximum atomic E-state index is 9.39. The van der Waals surface area contributed by atoms with Crippen LogP contribution in [0.15, 0.2) is 30.8 Å². The Bertz CT molecular complexity index is 921. The summed E-state index contributed by atoms with van der Waals surface area (Å²) in [7, 11) is 0. The third kappa shape index (κ3) is 3.15. The highest BCUT2D eigenvalue weighted by Gasteiger charge is 2.26. The molecule has 1 aliphatic rings. The quantitative estimate of drug-likeness (QED) is 0.638. The Morgan fingerprint density at radius 2 is 2.12 bits per heavy atom. The molecule has 1 aromatic carbocycles. The number of hydrogen-bond donors (Lipinski definition) is 3. The molecule has 4 rings (SSSR count). The number of nitrogens with zero attached hydrogens (tertiary/aromatic N) is 3. The summed E-state index contributed by atoms with van der Waals surface area (Å²) in [5.41, 5.74) is 8.38. The van der Waals surface area contributed by atoms with Crippen molar-refractivity contribution in [3.8, 4) is 10.6 Å². The predicted octanol–water partition coefficient (Wildman–Crippen LogP) is 3.55. The Kier molecular flexibility index (Phi) is 4.57. The summed E-state index contributed by atoms with van der Waals surface area (Å²) in [6.45, 7) is 4.11. The first-order valence-corrected chi connectivity index (χ1v) is 9.53. The van der Waals surface area contributed by atoms with E-state index in [1.807, 2.05) is 18.2 Å². The molecule has 0 saturated heterocycles. The van der Waals surface area contributed by atoms with Gasteiger partial charge in [0, 0.05) is 12.6 Å². The first-order valence-electron chi connectivity index (χ1n) is 8.71. The lowest BCUT2D eigenvalue weighted by atomic mass is 10.1. The lowest BCUT2D eigenvalue weighted by molar-refractivity contribution is 0.229. The van der Waals surface area contributed by atoms with E-state index >= 15 is 0 Å². The smallest absolute Gasteiger partial charge is 0.222 e. The van der Waals surface area contributed by atoms with E-state index in [1.165, 1.54) is 0 Å². The number of aliphatic hydroxyl groups is 1. The molecular formula is C19H21N5OS. The molecule has 2 aromatic heterocycles. The van der Waals surface area contributed by atoms with Gasteiger partial charge in [-0.1, -0.05) is 18.7 Å². The standard InChI is InChI=1S/C19H21N5OS/c1-2-13-16(18-22-14-5-3-4-6-15(14)26-18)17(24-19(20)23-13)21-12-8-7-11(9-12)10-25/h2-6,11-12,25H,1,7-10H2,(H3,20,21,23,24). The predicted molar refractivity (Wildman–Crippen MR) is 107 cm³/mol. The average molecular weight is 367 g/mol. The third-order valence-electron chi connectivity index (χ3n) is 4.80. The van der Waals surface area contributed by atoms with Crippen molar-refractivity contribution in [2.75, 3.05) is 17.7 Å². The lowest BCUT2D eigenvalue weighted by Gasteiger charge is -2.17. The minimum Gasteiger partial charge on any atom is -0.396 e. The lowest BCUT2D eigenvalue weighted by Crippen LogP contribution is -2.19. The topological polar surface area (TPSA) is 97.0 Å². The van der Waals surface area contributed by atoms with Gasteiger partial charge in [0.25, 0.3) is 0 Å². The third-order valence-corrected chi connectivity index (χ3v) is 5.85. The van der Waals surface area contributed by atoms with Gasteiger partial charge < -0.3 is 16.2 Å². The Balaban J connectivity index is 1.78. The monoisotopic (exact) mass is 367 g/mol. The fourth-order valence-corrected chi connectivity index (χ4v) is 4.52. The zero-order valence-corrected chi connectivity index (χ0v) is 15.2. The molecule has 26 heavy (non-hydrogen) atoms. The Morgan fingerprint density at radius 3 is 2.85 bits per heavy atom. The van der Waals surface area contributed by atoms with Gasteiger partial charge in [-0.15, -0.1) is 11.3 Å². The van der Waals surface area contributed by atoms with Crippen molar-refractivity contribution >= 4 is 39.4 Å². The number of fused-ring (bicyclic) bond motifs is 1.